The van der Waals surface area contributed by atoms with Gasteiger partial charge in [0.25, 0.3) is 0 Å². The second-order valence-corrected chi connectivity index (χ2v) is 8.83. The number of hydrogen-bond acceptors (Lipinski definition) is 6. The van der Waals surface area contributed by atoms with Crippen molar-refractivity contribution in [1.82, 2.24) is 5.06 Å². The molecule has 1 aromatic rings. The molecule has 1 unspecified atom stereocenters. The number of aliphatic carboxylic acids is 1. The van der Waals surface area contributed by atoms with Crippen LogP contribution in [0.4, 0.5) is 0 Å². The predicted octanol–water partition coefficient (Wildman–Crippen LogP) is 3.90. The van der Waals surface area contributed by atoms with E-state index in [9.17, 15) is 20.2 Å². The van der Waals surface area contributed by atoms with Crippen LogP contribution in [-0.2, 0) is 11.2 Å². The van der Waals surface area contributed by atoms with Gasteiger partial charge in [0, 0.05) is 11.0 Å². The number of carboxylic acids is 1. The molecule has 0 spiro atoms. The minimum atomic E-state index is -1.10. The van der Waals surface area contributed by atoms with Crippen LogP contribution in [0.2, 0.25) is 0 Å². The Labute approximate surface area is 150 Å². The molecule has 1 aliphatic rings. The van der Waals surface area contributed by atoms with E-state index in [2.05, 4.69) is 0 Å². The Morgan fingerprint density at radius 2 is 2.04 bits per heavy atom. The van der Waals surface area contributed by atoms with Crippen LogP contribution in [0.5, 0.6) is 5.75 Å². The Bertz CT molecular complexity index is 506. The minimum Gasteiger partial charge on any atom is -0.785 e. The molecule has 1 aliphatic heterocycles. The summed E-state index contributed by atoms with van der Waals surface area (Å²) in [5.41, 5.74) is 0.733. The molecule has 0 radical (unpaired) electrons. The molecule has 2 rings (SSSR count). The summed E-state index contributed by atoms with van der Waals surface area (Å²) in [5.74, 6) is 0.266. The number of hydroxylamine groups is 2. The lowest BCUT2D eigenvalue weighted by Gasteiger charge is -2.34. The number of aromatic hydroxyl groups is 1. The van der Waals surface area contributed by atoms with Crippen molar-refractivity contribution in [3.8, 4) is 5.75 Å². The lowest BCUT2D eigenvalue weighted by Crippen LogP contribution is -2.39. The lowest BCUT2D eigenvalue weighted by molar-refractivity contribution is -0.142. The van der Waals surface area contributed by atoms with E-state index in [1.165, 1.54) is 30.7 Å². The topological polar surface area (TPSA) is 83.8 Å². The first-order valence-electron chi connectivity index (χ1n) is 8.29. The summed E-state index contributed by atoms with van der Waals surface area (Å²) in [7, 11) is 3.90. The third-order valence-electron chi connectivity index (χ3n) is 4.13. The number of unbranched alkanes of at least 4 members (excludes halogenated alkanes) is 2. The lowest BCUT2D eigenvalue weighted by atomic mass is 10.0. The number of benzene rings is 1. The normalized spacial score (nSPS) is 18.8. The highest BCUT2D eigenvalue weighted by Crippen LogP contribution is 2.39. The number of hydrogen-bond donors (Lipinski definition) is 2. The molecule has 0 saturated carbocycles. The maximum Gasteiger partial charge on any atom is 0.320 e. The smallest absolute Gasteiger partial charge is 0.320 e. The fourth-order valence-corrected chi connectivity index (χ4v) is 5.73. The van der Waals surface area contributed by atoms with Crippen molar-refractivity contribution in [2.75, 3.05) is 12.3 Å². The number of phenols is 1. The molecule has 7 heteroatoms. The van der Waals surface area contributed by atoms with Crippen LogP contribution in [0.1, 0.15) is 37.7 Å². The third kappa shape index (κ3) is 6.55. The molecule has 24 heavy (non-hydrogen) atoms. The highest BCUT2D eigenvalue weighted by molar-refractivity contribution is 8.77. The van der Waals surface area contributed by atoms with Gasteiger partial charge in [-0.05, 0) is 49.9 Å². The Kier molecular flexibility index (Phi) is 8.24. The van der Waals surface area contributed by atoms with E-state index in [-0.39, 0.29) is 18.7 Å². The zero-order chi connectivity index (χ0) is 17.4. The van der Waals surface area contributed by atoms with E-state index in [1.54, 1.807) is 12.1 Å². The summed E-state index contributed by atoms with van der Waals surface area (Å²) in [6.07, 6.45) is 5.40. The Morgan fingerprint density at radius 3 is 2.67 bits per heavy atom. The molecule has 0 bridgehead atoms. The molecule has 0 aliphatic carbocycles. The van der Waals surface area contributed by atoms with Crippen LogP contribution in [0.15, 0.2) is 24.3 Å². The molecule has 134 valence electrons. The van der Waals surface area contributed by atoms with Gasteiger partial charge in [-0.2, -0.15) is 0 Å². The number of carbonyl (C=O) groups is 1. The Balaban J connectivity index is 1.71. The molecule has 0 amide bonds. The van der Waals surface area contributed by atoms with Crippen molar-refractivity contribution >= 4 is 27.6 Å². The first kappa shape index (κ1) is 19.4. The first-order chi connectivity index (χ1) is 11.6. The number of carboxylic acid groups (broad SMARTS) is 1. The highest BCUT2D eigenvalue weighted by atomic mass is 33.1. The van der Waals surface area contributed by atoms with E-state index >= 15 is 0 Å². The van der Waals surface area contributed by atoms with Gasteiger partial charge in [0.1, 0.15) is 11.8 Å². The van der Waals surface area contributed by atoms with E-state index < -0.39 is 12.0 Å². The van der Waals surface area contributed by atoms with Gasteiger partial charge in [-0.25, -0.2) is 0 Å². The van der Waals surface area contributed by atoms with Crippen molar-refractivity contribution in [3.63, 3.8) is 0 Å². The standard InChI is InChI=1S/C17H24NO4S2/c19-14-7-5-13(6-8-14)12-16(17(20)21)18(22)10-3-1-2-4-15-9-11-23-24-15/h5-8,15-16,19H,1-4,9-12H2,(H,20,21)/q-1/t15-,16?/m1/s1. The average Bonchev–Trinajstić information content (AvgIpc) is 3.07. The number of nitrogens with zero attached hydrogens (tertiary/aromatic N) is 1. The first-order valence-corrected chi connectivity index (χ1v) is 10.7. The maximum absolute atomic E-state index is 12.2. The van der Waals surface area contributed by atoms with Crippen LogP contribution in [0, 0.1) is 5.21 Å². The molecule has 5 nitrogen and oxygen atoms in total. The van der Waals surface area contributed by atoms with Crippen LogP contribution in [0.25, 0.3) is 0 Å². The quantitative estimate of drug-likeness (QED) is 0.367. The van der Waals surface area contributed by atoms with Crippen LogP contribution in [-0.4, -0.2) is 44.8 Å². The summed E-state index contributed by atoms with van der Waals surface area (Å²) in [6, 6.07) is 5.23. The predicted molar refractivity (Wildman–Crippen MR) is 100 cm³/mol. The van der Waals surface area contributed by atoms with E-state index in [4.69, 9.17) is 0 Å². The van der Waals surface area contributed by atoms with Crippen molar-refractivity contribution in [1.29, 1.82) is 0 Å². The van der Waals surface area contributed by atoms with Crippen LogP contribution < -0.4 is 0 Å². The molecule has 1 fully saturated rings. The monoisotopic (exact) mass is 370 g/mol. The van der Waals surface area contributed by atoms with Gasteiger partial charge in [-0.3, -0.25) is 4.79 Å². The fraction of sp³-hybridized carbons (Fsp3) is 0.588. The van der Waals surface area contributed by atoms with Gasteiger partial charge in [0.05, 0.1) is 0 Å². The minimum absolute atomic E-state index is 0.128. The van der Waals surface area contributed by atoms with Gasteiger partial charge in [-0.1, -0.05) is 46.6 Å². The Hall–Kier alpha value is -0.890. The van der Waals surface area contributed by atoms with Gasteiger partial charge in [0.15, 0.2) is 0 Å². The number of rotatable bonds is 10. The van der Waals surface area contributed by atoms with Crippen LogP contribution in [0.3, 0.4) is 0 Å². The van der Waals surface area contributed by atoms with E-state index in [0.717, 1.165) is 30.1 Å². The summed E-state index contributed by atoms with van der Waals surface area (Å²) in [5, 5.41) is 32.2. The highest BCUT2D eigenvalue weighted by Gasteiger charge is 2.20. The summed E-state index contributed by atoms with van der Waals surface area (Å²) < 4.78 is 0. The SMILES string of the molecule is O=C(O)C(Cc1ccc(O)cc1)N([O-])CCCCC[C@@H]1CCSS1. The van der Waals surface area contributed by atoms with Crippen molar-refractivity contribution in [2.24, 2.45) is 0 Å². The van der Waals surface area contributed by atoms with E-state index in [1.807, 2.05) is 21.6 Å². The third-order valence-corrected chi connectivity index (χ3v) is 7.14. The molecular formula is C17H24NO4S2-. The summed E-state index contributed by atoms with van der Waals surface area (Å²) >= 11 is 0. The Morgan fingerprint density at radius 1 is 1.29 bits per heavy atom. The molecule has 2 N–H and O–H groups in total. The van der Waals surface area contributed by atoms with Gasteiger partial charge < -0.3 is 20.5 Å². The molecule has 1 heterocycles. The maximum atomic E-state index is 12.2. The van der Waals surface area contributed by atoms with Crippen molar-refractivity contribution < 1.29 is 15.0 Å². The molecular weight excluding hydrogens is 346 g/mol. The van der Waals surface area contributed by atoms with Gasteiger partial charge >= 0.3 is 5.97 Å². The van der Waals surface area contributed by atoms with Gasteiger partial charge in [-0.15, -0.1) is 0 Å². The summed E-state index contributed by atoms with van der Waals surface area (Å²) in [4.78, 5) is 11.4. The molecule has 1 saturated heterocycles. The van der Waals surface area contributed by atoms with Crippen LogP contribution >= 0.6 is 21.6 Å². The average molecular weight is 371 g/mol. The fourth-order valence-electron chi connectivity index (χ4n) is 2.70. The van der Waals surface area contributed by atoms with Gasteiger partial charge in [0.2, 0.25) is 0 Å². The van der Waals surface area contributed by atoms with E-state index in [0.29, 0.717) is 5.06 Å². The van der Waals surface area contributed by atoms with Crippen molar-refractivity contribution in [3.05, 3.63) is 35.0 Å². The largest absolute Gasteiger partial charge is 0.785 e. The second-order valence-electron chi connectivity index (χ2n) is 6.04. The van der Waals surface area contributed by atoms with Crippen molar-refractivity contribution in [2.45, 2.75) is 49.8 Å². The molecule has 0 aromatic heterocycles. The zero-order valence-corrected chi connectivity index (χ0v) is 15.2. The molecule has 1 aromatic carbocycles. The zero-order valence-electron chi connectivity index (χ0n) is 13.6. The molecule has 2 atom stereocenters. The number of phenolic OH excluding ortho intramolecular Hbond substituents is 1. The second kappa shape index (κ2) is 10.2. The summed E-state index contributed by atoms with van der Waals surface area (Å²) in [6.45, 7) is 0.252.